The Morgan fingerprint density at radius 2 is 1.65 bits per heavy atom. The monoisotopic (exact) mass is 490 g/mol. The van der Waals surface area contributed by atoms with E-state index < -0.39 is 28.5 Å². The molecule has 1 heterocycles. The lowest BCUT2D eigenvalue weighted by Gasteiger charge is -2.35. The van der Waals surface area contributed by atoms with Crippen LogP contribution in [0.1, 0.15) is 5.56 Å². The van der Waals surface area contributed by atoms with Gasteiger partial charge in [-0.2, -0.15) is 0 Å². The minimum absolute atomic E-state index is 0.0598. The standard InChI is InChI=1S/C23H30N4O6S/c1-17-5-8-19(9-6-17)34(30,31)27(23(29)26-13-11-25(2)12-14-26)16-22(28)24-20-10-7-18(32-3)15-21(20)33-4/h5-10,15H,11-14,16H2,1-4H3,(H,24,28). The first-order valence-electron chi connectivity index (χ1n) is 10.7. The molecule has 1 fully saturated rings. The van der Waals surface area contributed by atoms with E-state index in [1.54, 1.807) is 30.3 Å². The first kappa shape index (κ1) is 25.3. The zero-order valence-electron chi connectivity index (χ0n) is 19.8. The maximum absolute atomic E-state index is 13.4. The van der Waals surface area contributed by atoms with Crippen LogP contribution in [0.3, 0.4) is 0 Å². The Balaban J connectivity index is 1.88. The van der Waals surface area contributed by atoms with Crippen LogP contribution < -0.4 is 14.8 Å². The van der Waals surface area contributed by atoms with Crippen LogP contribution in [-0.4, -0.2) is 88.5 Å². The van der Waals surface area contributed by atoms with Gasteiger partial charge >= 0.3 is 6.03 Å². The molecule has 184 valence electrons. The molecule has 0 radical (unpaired) electrons. The third kappa shape index (κ3) is 5.78. The third-order valence-corrected chi connectivity index (χ3v) is 7.30. The third-order valence-electron chi connectivity index (χ3n) is 5.57. The average Bonchev–Trinajstić information content (AvgIpc) is 2.83. The number of piperazine rings is 1. The molecule has 2 aromatic rings. The normalized spacial score (nSPS) is 14.4. The van der Waals surface area contributed by atoms with Gasteiger partial charge in [0.2, 0.25) is 5.91 Å². The van der Waals surface area contributed by atoms with Gasteiger partial charge in [0.25, 0.3) is 10.0 Å². The van der Waals surface area contributed by atoms with Gasteiger partial charge in [0.05, 0.1) is 24.8 Å². The molecule has 0 aliphatic carbocycles. The number of aryl methyl sites for hydroxylation is 1. The molecule has 0 saturated carbocycles. The van der Waals surface area contributed by atoms with Crippen molar-refractivity contribution in [1.82, 2.24) is 14.1 Å². The van der Waals surface area contributed by atoms with Crippen molar-refractivity contribution >= 4 is 27.6 Å². The number of amides is 3. The molecule has 0 unspecified atom stereocenters. The molecule has 34 heavy (non-hydrogen) atoms. The number of rotatable bonds is 7. The summed E-state index contributed by atoms with van der Waals surface area (Å²) in [7, 11) is 0.596. The molecule has 3 rings (SSSR count). The lowest BCUT2D eigenvalue weighted by molar-refractivity contribution is -0.116. The fourth-order valence-corrected chi connectivity index (χ4v) is 4.81. The Labute approximate surface area is 200 Å². The molecule has 1 aliphatic rings. The van der Waals surface area contributed by atoms with Gasteiger partial charge in [-0.15, -0.1) is 0 Å². The van der Waals surface area contributed by atoms with Crippen molar-refractivity contribution in [2.45, 2.75) is 11.8 Å². The predicted molar refractivity (Wildman–Crippen MR) is 128 cm³/mol. The van der Waals surface area contributed by atoms with Gasteiger partial charge in [0, 0.05) is 32.2 Å². The summed E-state index contributed by atoms with van der Waals surface area (Å²) in [5, 5.41) is 2.64. The topological polar surface area (TPSA) is 108 Å². The SMILES string of the molecule is COc1ccc(NC(=O)CN(C(=O)N2CCN(C)CC2)S(=O)(=O)c2ccc(C)cc2)c(OC)c1. The fraction of sp³-hybridized carbons (Fsp3) is 0.391. The van der Waals surface area contributed by atoms with Gasteiger partial charge in [-0.3, -0.25) is 4.79 Å². The number of hydrogen-bond donors (Lipinski definition) is 1. The number of carbonyl (C=O) groups excluding carboxylic acids is 2. The van der Waals surface area contributed by atoms with Gasteiger partial charge in [-0.1, -0.05) is 17.7 Å². The van der Waals surface area contributed by atoms with Crippen molar-refractivity contribution < 1.29 is 27.5 Å². The van der Waals surface area contributed by atoms with E-state index in [1.165, 1.54) is 31.3 Å². The molecule has 1 saturated heterocycles. The van der Waals surface area contributed by atoms with Gasteiger partial charge in [0.1, 0.15) is 18.0 Å². The highest BCUT2D eigenvalue weighted by Crippen LogP contribution is 2.29. The van der Waals surface area contributed by atoms with E-state index in [4.69, 9.17) is 9.47 Å². The van der Waals surface area contributed by atoms with Gasteiger partial charge < -0.3 is 24.6 Å². The van der Waals surface area contributed by atoms with Crippen LogP contribution in [0.2, 0.25) is 0 Å². The number of nitrogens with zero attached hydrogens (tertiary/aromatic N) is 3. The minimum Gasteiger partial charge on any atom is -0.497 e. The summed E-state index contributed by atoms with van der Waals surface area (Å²) >= 11 is 0. The van der Waals surface area contributed by atoms with Gasteiger partial charge in [0.15, 0.2) is 0 Å². The number of nitrogens with one attached hydrogen (secondary N) is 1. The maximum Gasteiger partial charge on any atom is 0.334 e. The molecular weight excluding hydrogens is 460 g/mol. The number of hydrogen-bond acceptors (Lipinski definition) is 7. The summed E-state index contributed by atoms with van der Waals surface area (Å²) in [4.78, 5) is 29.7. The van der Waals surface area contributed by atoms with Crippen molar-refractivity contribution in [3.8, 4) is 11.5 Å². The van der Waals surface area contributed by atoms with Gasteiger partial charge in [-0.05, 0) is 38.2 Å². The van der Waals surface area contributed by atoms with E-state index in [-0.39, 0.29) is 4.90 Å². The number of carbonyl (C=O) groups is 2. The highest BCUT2D eigenvalue weighted by molar-refractivity contribution is 7.89. The molecular formula is C23H30N4O6S. The quantitative estimate of drug-likeness (QED) is 0.632. The van der Waals surface area contributed by atoms with Crippen molar-refractivity contribution in [2.75, 3.05) is 59.3 Å². The first-order valence-corrected chi connectivity index (χ1v) is 12.2. The van der Waals surface area contributed by atoms with Crippen LogP contribution in [0.25, 0.3) is 0 Å². The summed E-state index contributed by atoms with van der Waals surface area (Å²) in [6, 6.07) is 10.2. The second kappa shape index (κ2) is 10.7. The van der Waals surface area contributed by atoms with Gasteiger partial charge in [-0.25, -0.2) is 17.5 Å². The van der Waals surface area contributed by atoms with Crippen LogP contribution in [0, 0.1) is 6.92 Å². The fourth-order valence-electron chi connectivity index (χ4n) is 3.47. The zero-order chi connectivity index (χ0) is 24.9. The molecule has 1 aliphatic heterocycles. The second-order valence-corrected chi connectivity index (χ2v) is 9.87. The maximum atomic E-state index is 13.4. The number of likely N-dealkylation sites (N-methyl/N-ethyl adjacent to an activating group) is 1. The lowest BCUT2D eigenvalue weighted by Crippen LogP contribution is -2.54. The van der Waals surface area contributed by atoms with Crippen LogP contribution in [0.5, 0.6) is 11.5 Å². The Hall–Kier alpha value is -3.31. The van der Waals surface area contributed by atoms with Crippen LogP contribution in [0.15, 0.2) is 47.4 Å². The van der Waals surface area contributed by atoms with E-state index in [0.717, 1.165) is 5.56 Å². The Bertz CT molecular complexity index is 1130. The molecule has 1 N–H and O–H groups in total. The largest absolute Gasteiger partial charge is 0.497 e. The van der Waals surface area contributed by atoms with Crippen LogP contribution in [-0.2, 0) is 14.8 Å². The van der Waals surface area contributed by atoms with Crippen LogP contribution >= 0.6 is 0 Å². The van der Waals surface area contributed by atoms with Crippen molar-refractivity contribution in [2.24, 2.45) is 0 Å². The zero-order valence-corrected chi connectivity index (χ0v) is 20.6. The highest BCUT2D eigenvalue weighted by atomic mass is 32.2. The summed E-state index contributed by atoms with van der Waals surface area (Å²) in [5.74, 6) is 0.191. The van der Waals surface area contributed by atoms with E-state index >= 15 is 0 Å². The molecule has 2 aromatic carbocycles. The molecule has 10 nitrogen and oxygen atoms in total. The molecule has 0 atom stereocenters. The van der Waals surface area contributed by atoms with E-state index in [1.807, 2.05) is 18.9 Å². The minimum atomic E-state index is -4.28. The lowest BCUT2D eigenvalue weighted by atomic mass is 10.2. The summed E-state index contributed by atoms with van der Waals surface area (Å²) in [6.45, 7) is 3.10. The van der Waals surface area contributed by atoms with E-state index in [0.29, 0.717) is 47.7 Å². The molecule has 11 heteroatoms. The average molecular weight is 491 g/mol. The first-order chi connectivity index (χ1) is 16.1. The molecule has 0 aromatic heterocycles. The van der Waals surface area contributed by atoms with Crippen LogP contribution in [0.4, 0.5) is 10.5 Å². The Morgan fingerprint density at radius 1 is 1.00 bits per heavy atom. The summed E-state index contributed by atoms with van der Waals surface area (Å²) in [6.07, 6.45) is 0. The number of anilines is 1. The molecule has 0 bridgehead atoms. The molecule has 0 spiro atoms. The number of methoxy groups -OCH3 is 2. The number of sulfonamides is 1. The predicted octanol–water partition coefficient (Wildman–Crippen LogP) is 2.01. The Kier molecular flexibility index (Phi) is 8.00. The second-order valence-electron chi connectivity index (χ2n) is 8.01. The molecule has 3 amide bonds. The summed E-state index contributed by atoms with van der Waals surface area (Å²) in [5.41, 5.74) is 1.20. The van der Waals surface area contributed by atoms with E-state index in [9.17, 15) is 18.0 Å². The Morgan fingerprint density at radius 3 is 2.24 bits per heavy atom. The smallest absolute Gasteiger partial charge is 0.334 e. The summed E-state index contributed by atoms with van der Waals surface area (Å²) < 4.78 is 37.9. The van der Waals surface area contributed by atoms with Crippen molar-refractivity contribution in [3.63, 3.8) is 0 Å². The highest BCUT2D eigenvalue weighted by Gasteiger charge is 2.35. The van der Waals surface area contributed by atoms with Crippen molar-refractivity contribution in [3.05, 3.63) is 48.0 Å². The van der Waals surface area contributed by atoms with E-state index in [2.05, 4.69) is 5.32 Å². The number of benzene rings is 2. The number of urea groups is 1. The number of ether oxygens (including phenoxy) is 2. The van der Waals surface area contributed by atoms with Crippen molar-refractivity contribution in [1.29, 1.82) is 0 Å².